The number of aliphatic hydroxyl groups is 2. The van der Waals surface area contributed by atoms with Crippen LogP contribution in [0.1, 0.15) is 77.0 Å². The lowest BCUT2D eigenvalue weighted by atomic mass is 9.96. The predicted molar refractivity (Wildman–Crippen MR) is 260 cm³/mol. The van der Waals surface area contributed by atoms with Crippen LogP contribution in [0.2, 0.25) is 0 Å². The molecule has 26 heteroatoms. The topological polar surface area (TPSA) is 391 Å². The molecule has 72 heavy (non-hydrogen) atoms. The van der Waals surface area contributed by atoms with Crippen molar-refractivity contribution in [3.8, 4) is 0 Å². The summed E-state index contributed by atoms with van der Waals surface area (Å²) < 4.78 is 0. The molecule has 25 nitrogen and oxygen atoms in total. The Hall–Kier alpha value is -6.64. The zero-order valence-electron chi connectivity index (χ0n) is 40.5. The largest absolute Gasteiger partial charge is 0.480 e. The summed E-state index contributed by atoms with van der Waals surface area (Å²) in [5, 5.41) is 45.5. The highest BCUT2D eigenvalue weighted by Crippen LogP contribution is 2.26. The minimum absolute atomic E-state index is 0.0408. The Morgan fingerprint density at radius 3 is 1.92 bits per heavy atom. The first kappa shape index (κ1) is 57.9. The summed E-state index contributed by atoms with van der Waals surface area (Å²) in [6.07, 6.45) is 1.82. The number of carboxylic acids is 1. The molecule has 396 valence electrons. The lowest BCUT2D eigenvalue weighted by Gasteiger charge is -2.33. The first-order chi connectivity index (χ1) is 34.2. The van der Waals surface area contributed by atoms with E-state index in [1.807, 2.05) is 0 Å². The number of thiol groups is 1. The third kappa shape index (κ3) is 16.2. The molecule has 2 saturated heterocycles. The molecule has 0 saturated carbocycles. The normalized spacial score (nSPS) is 19.2. The van der Waals surface area contributed by atoms with Gasteiger partial charge in [-0.2, -0.15) is 12.6 Å². The molecule has 2 aliphatic heterocycles. The van der Waals surface area contributed by atoms with Gasteiger partial charge in [0, 0.05) is 50.0 Å². The molecule has 2 aromatic rings. The second-order valence-corrected chi connectivity index (χ2v) is 18.4. The number of benzene rings is 1. The second-order valence-electron chi connectivity index (χ2n) is 18.0. The molecule has 0 radical (unpaired) electrons. The average molecular weight is 1030 g/mol. The number of aromatic nitrogens is 2. The van der Waals surface area contributed by atoms with Crippen molar-refractivity contribution in [3.63, 3.8) is 0 Å². The van der Waals surface area contributed by atoms with E-state index < -0.39 is 139 Å². The van der Waals surface area contributed by atoms with E-state index in [2.05, 4.69) is 54.5 Å². The molecular weight excluding hydrogens is 961 g/mol. The van der Waals surface area contributed by atoms with Crippen LogP contribution in [0.25, 0.3) is 0 Å². The number of imidazole rings is 1. The molecule has 0 bridgehead atoms. The van der Waals surface area contributed by atoms with E-state index in [-0.39, 0.29) is 57.4 Å². The Bertz CT molecular complexity index is 2220. The number of nitrogens with one attached hydrogen (secondary N) is 7. The first-order valence-corrected chi connectivity index (χ1v) is 24.4. The molecular formula is C46H68N12O13S. The number of H-pyrrole nitrogens is 1. The molecule has 14 N–H and O–H groups in total. The van der Waals surface area contributed by atoms with Gasteiger partial charge in [-0.15, -0.1) is 0 Å². The third-order valence-electron chi connectivity index (χ3n) is 12.7. The number of hydrogen-bond donors (Lipinski definition) is 13. The van der Waals surface area contributed by atoms with E-state index in [0.29, 0.717) is 24.1 Å². The van der Waals surface area contributed by atoms with Gasteiger partial charge in [-0.3, -0.25) is 43.2 Å². The van der Waals surface area contributed by atoms with Gasteiger partial charge in [0.2, 0.25) is 53.2 Å². The van der Waals surface area contributed by atoms with Crippen molar-refractivity contribution in [1.82, 2.24) is 51.7 Å². The van der Waals surface area contributed by atoms with Gasteiger partial charge in [0.05, 0.1) is 25.1 Å². The van der Waals surface area contributed by atoms with Gasteiger partial charge in [-0.25, -0.2) is 9.78 Å². The Labute approximate surface area is 421 Å². The zero-order valence-corrected chi connectivity index (χ0v) is 41.3. The maximum Gasteiger partial charge on any atom is 0.326 e. The van der Waals surface area contributed by atoms with E-state index in [0.717, 1.165) is 0 Å². The lowest BCUT2D eigenvalue weighted by Crippen LogP contribution is -2.63. The fourth-order valence-electron chi connectivity index (χ4n) is 8.36. The monoisotopic (exact) mass is 1030 g/mol. The maximum atomic E-state index is 14.5. The third-order valence-corrected chi connectivity index (χ3v) is 13.1. The van der Waals surface area contributed by atoms with Crippen LogP contribution >= 0.6 is 12.6 Å². The van der Waals surface area contributed by atoms with E-state index >= 15 is 0 Å². The van der Waals surface area contributed by atoms with E-state index in [1.165, 1.54) is 29.2 Å². The van der Waals surface area contributed by atoms with E-state index in [4.69, 9.17) is 11.5 Å². The molecule has 11 atom stereocenters. The Balaban J connectivity index is 1.57. The summed E-state index contributed by atoms with van der Waals surface area (Å²) in [5.41, 5.74) is 12.0. The molecule has 1 aromatic heterocycles. The fraction of sp³-hybridized carbons (Fsp3) is 0.587. The summed E-state index contributed by atoms with van der Waals surface area (Å²) in [6, 6.07) is -3.53. The number of carbonyl (C=O) groups is 10. The van der Waals surface area contributed by atoms with Gasteiger partial charge >= 0.3 is 5.97 Å². The van der Waals surface area contributed by atoms with Crippen molar-refractivity contribution in [3.05, 3.63) is 54.1 Å². The van der Waals surface area contributed by atoms with Crippen LogP contribution in [0.3, 0.4) is 0 Å². The molecule has 2 aliphatic rings. The van der Waals surface area contributed by atoms with Crippen LogP contribution in [-0.2, 0) is 60.8 Å². The zero-order chi connectivity index (χ0) is 53.2. The highest BCUT2D eigenvalue weighted by atomic mass is 32.1. The summed E-state index contributed by atoms with van der Waals surface area (Å²) in [5.74, 6) is -9.58. The van der Waals surface area contributed by atoms with Gasteiger partial charge in [-0.1, -0.05) is 50.6 Å². The average Bonchev–Trinajstić information content (AvgIpc) is 4.18. The molecule has 0 aliphatic carbocycles. The van der Waals surface area contributed by atoms with Crippen LogP contribution in [0, 0.1) is 5.92 Å². The number of rotatable bonds is 27. The number of aliphatic carboxylic acids is 1. The van der Waals surface area contributed by atoms with E-state index in [1.54, 1.807) is 44.2 Å². The standard InChI is InChI=1S/C46H68N12O13S/c1-4-24(2)36(55-39(63)29(14-15-35(48)61)51-41(65)32(21-59)54-38(62)28(47)22-72)42(66)56-37(25(3)60)43(67)52-30(19-27-20-49-23-50-27)40(64)53-31(18-26-10-6-5-7-11-26)44(68)57-16-8-12-33(57)45(69)58-17-9-13-34(58)46(70)71/h5-7,10-11,20,23-25,28-34,36-37,59-60,72H,4,8-9,12-19,21-22,47H2,1-3H3,(H2,48,61)(H,49,50)(H,51,65)(H,52,67)(H,53,64)(H,54,62)(H,55,63)(H,56,66)(H,70,71)/t24-,25+,28-,29-,30-,31-,32-,33-,34-,36-,37-/m0/s1. The number of likely N-dealkylation sites (tertiary alicyclic amines) is 2. The molecule has 0 spiro atoms. The van der Waals surface area contributed by atoms with Gasteiger partial charge in [0.1, 0.15) is 48.3 Å². The van der Waals surface area contributed by atoms with Crippen molar-refractivity contribution < 1.29 is 63.3 Å². The van der Waals surface area contributed by atoms with Gasteiger partial charge in [-0.05, 0) is 50.5 Å². The number of nitrogens with zero attached hydrogens (tertiary/aromatic N) is 3. The molecule has 2 fully saturated rings. The number of hydrogen-bond acceptors (Lipinski definition) is 15. The summed E-state index contributed by atoms with van der Waals surface area (Å²) in [7, 11) is 0. The highest BCUT2D eigenvalue weighted by Gasteiger charge is 2.44. The van der Waals surface area contributed by atoms with Crippen molar-refractivity contribution >= 4 is 71.8 Å². The second kappa shape index (κ2) is 27.8. The van der Waals surface area contributed by atoms with Gasteiger partial charge in [0.25, 0.3) is 0 Å². The highest BCUT2D eigenvalue weighted by molar-refractivity contribution is 7.80. The van der Waals surface area contributed by atoms with Crippen LogP contribution < -0.4 is 43.4 Å². The Kier molecular flexibility index (Phi) is 22.4. The predicted octanol–water partition coefficient (Wildman–Crippen LogP) is -3.89. The Morgan fingerprint density at radius 2 is 1.33 bits per heavy atom. The van der Waals surface area contributed by atoms with Crippen molar-refractivity contribution in [2.75, 3.05) is 25.4 Å². The van der Waals surface area contributed by atoms with Crippen molar-refractivity contribution in [2.24, 2.45) is 17.4 Å². The smallest absolute Gasteiger partial charge is 0.326 e. The van der Waals surface area contributed by atoms with Crippen LogP contribution in [0.15, 0.2) is 42.9 Å². The summed E-state index contributed by atoms with van der Waals surface area (Å²) in [6.45, 7) is 3.96. The minimum Gasteiger partial charge on any atom is -0.480 e. The summed E-state index contributed by atoms with van der Waals surface area (Å²) in [4.78, 5) is 144. The first-order valence-electron chi connectivity index (χ1n) is 23.8. The van der Waals surface area contributed by atoms with Crippen LogP contribution in [0.5, 0.6) is 0 Å². The lowest BCUT2D eigenvalue weighted by molar-refractivity contribution is -0.152. The minimum atomic E-state index is -1.76. The number of carbonyl (C=O) groups excluding carboxylic acids is 9. The maximum absolute atomic E-state index is 14.5. The van der Waals surface area contributed by atoms with Crippen molar-refractivity contribution in [1.29, 1.82) is 0 Å². The molecule has 4 rings (SSSR count). The number of nitrogens with two attached hydrogens (primary N) is 2. The van der Waals surface area contributed by atoms with Crippen LogP contribution in [0.4, 0.5) is 0 Å². The number of aliphatic hydroxyl groups excluding tert-OH is 2. The fourth-order valence-corrected chi connectivity index (χ4v) is 8.53. The number of primary amides is 1. The number of amides is 9. The SMILES string of the molecule is CC[C@H](C)[C@H](NC(=O)[C@H](CCC(N)=O)NC(=O)[C@H](CO)NC(=O)[C@@H](N)CS)C(=O)N[C@H](C(=O)N[C@@H](Cc1cnc[nH]1)C(=O)N[C@@H](Cc1ccccc1)C(=O)N1CCC[C@H]1C(=O)N1CCC[C@H]1C(=O)O)[C@@H](C)O. The molecule has 1 aromatic carbocycles. The number of carboxylic acid groups (broad SMARTS) is 1. The Morgan fingerprint density at radius 1 is 0.764 bits per heavy atom. The molecule has 3 heterocycles. The summed E-state index contributed by atoms with van der Waals surface area (Å²) >= 11 is 3.94. The number of aromatic amines is 1. The van der Waals surface area contributed by atoms with Gasteiger partial charge < -0.3 is 73.5 Å². The van der Waals surface area contributed by atoms with Crippen molar-refractivity contribution in [2.45, 2.75) is 139 Å². The molecule has 9 amide bonds. The van der Waals surface area contributed by atoms with Gasteiger partial charge in [0.15, 0.2) is 0 Å². The molecule has 0 unspecified atom stereocenters. The quantitative estimate of drug-likeness (QED) is 0.0381. The van der Waals surface area contributed by atoms with E-state index in [9.17, 15) is 63.3 Å². The van der Waals surface area contributed by atoms with Crippen LogP contribution in [-0.4, -0.2) is 180 Å².